The normalized spacial score (nSPS) is 11.8. The third-order valence-electron chi connectivity index (χ3n) is 3.95. The van der Waals surface area contributed by atoms with Crippen molar-refractivity contribution in [2.45, 2.75) is 52.9 Å². The third-order valence-corrected chi connectivity index (χ3v) is 5.37. The number of benzene rings is 2. The molecule has 0 amide bonds. The number of fused-ring (bicyclic) bond motifs is 1. The van der Waals surface area contributed by atoms with Gasteiger partial charge in [-0.25, -0.2) is 4.57 Å². The number of rotatable bonds is 11. The zero-order valence-electron chi connectivity index (χ0n) is 15.9. The smallest absolute Gasteiger partial charge is 0.507 e. The summed E-state index contributed by atoms with van der Waals surface area (Å²) in [6.07, 6.45) is 4.57. The highest BCUT2D eigenvalue weighted by Crippen LogP contribution is 2.51. The summed E-state index contributed by atoms with van der Waals surface area (Å²) in [6, 6.07) is 9.00. The number of hydrogen-bond acceptors (Lipinski definition) is 5. The molecule has 0 aliphatic rings. The fraction of sp³-hybridized carbons (Fsp3) is 0.500. The minimum Gasteiger partial charge on any atom is -0.507 e. The van der Waals surface area contributed by atoms with Crippen molar-refractivity contribution in [1.29, 1.82) is 0 Å². The van der Waals surface area contributed by atoms with Crippen LogP contribution >= 0.6 is 7.82 Å². The lowest BCUT2D eigenvalue weighted by Crippen LogP contribution is -2.04. The average Bonchev–Trinajstić information content (AvgIpc) is 2.65. The first kappa shape index (κ1) is 20.8. The lowest BCUT2D eigenvalue weighted by atomic mass is 10.0. The Kier molecular flexibility index (Phi) is 7.95. The van der Waals surface area contributed by atoms with Gasteiger partial charge in [0.05, 0.1) is 13.2 Å². The van der Waals surface area contributed by atoms with Crippen LogP contribution in [0.3, 0.4) is 0 Å². The second kappa shape index (κ2) is 9.96. The quantitative estimate of drug-likeness (QED) is 0.468. The summed E-state index contributed by atoms with van der Waals surface area (Å²) in [7, 11) is -3.70. The number of aromatic hydroxyl groups is 1. The van der Waals surface area contributed by atoms with E-state index in [-0.39, 0.29) is 19.0 Å². The minimum absolute atomic E-state index is 0.171. The average molecular weight is 380 g/mol. The predicted octanol–water partition coefficient (Wildman–Crippen LogP) is 6.23. The van der Waals surface area contributed by atoms with E-state index in [2.05, 4.69) is 6.92 Å². The Morgan fingerprint density at radius 1 is 0.923 bits per heavy atom. The Bertz CT molecular complexity index is 747. The van der Waals surface area contributed by atoms with E-state index in [0.29, 0.717) is 29.4 Å². The van der Waals surface area contributed by atoms with Crippen molar-refractivity contribution >= 4 is 18.6 Å². The summed E-state index contributed by atoms with van der Waals surface area (Å²) >= 11 is 0. The van der Waals surface area contributed by atoms with Gasteiger partial charge in [-0.2, -0.15) is 0 Å². The largest absolute Gasteiger partial charge is 0.530 e. The topological polar surface area (TPSA) is 65.0 Å². The molecule has 0 saturated carbocycles. The minimum atomic E-state index is -3.70. The number of hydrogen-bond donors (Lipinski definition) is 1. The van der Waals surface area contributed by atoms with Crippen LogP contribution in [0.4, 0.5) is 0 Å². The van der Waals surface area contributed by atoms with Crippen LogP contribution in [-0.2, 0) is 20.0 Å². The number of phosphoric ester groups is 1. The Hall–Kier alpha value is -1.55. The highest BCUT2D eigenvalue weighted by molar-refractivity contribution is 7.48. The molecule has 5 nitrogen and oxygen atoms in total. The van der Waals surface area contributed by atoms with Crippen molar-refractivity contribution in [3.05, 3.63) is 35.9 Å². The number of phenols is 1. The van der Waals surface area contributed by atoms with Gasteiger partial charge in [-0.3, -0.25) is 9.05 Å². The number of aryl methyl sites for hydroxylation is 1. The molecule has 0 fully saturated rings. The molecule has 0 spiro atoms. The molecular weight excluding hydrogens is 351 g/mol. The molecule has 0 atom stereocenters. The number of phenolic OH excluding ortho intramolecular Hbond substituents is 1. The standard InChI is InChI=1S/C20H29O5P/c1-4-7-8-16-9-10-17-18(15-16)19(21)11-12-20(17)25-26(22,23-13-5-2)24-14-6-3/h9-12,15,21H,4-8,13-14H2,1-3H3. The zero-order valence-corrected chi connectivity index (χ0v) is 16.8. The lowest BCUT2D eigenvalue weighted by Gasteiger charge is -2.19. The molecule has 0 aromatic heterocycles. The Balaban J connectivity index is 2.35. The van der Waals surface area contributed by atoms with E-state index < -0.39 is 7.82 Å². The monoisotopic (exact) mass is 380 g/mol. The van der Waals surface area contributed by atoms with Gasteiger partial charge >= 0.3 is 7.82 Å². The van der Waals surface area contributed by atoms with E-state index in [9.17, 15) is 9.67 Å². The molecule has 2 aromatic rings. The van der Waals surface area contributed by atoms with Gasteiger partial charge < -0.3 is 9.63 Å². The molecule has 6 heteroatoms. The van der Waals surface area contributed by atoms with Crippen molar-refractivity contribution < 1.29 is 23.2 Å². The number of unbranched alkanes of at least 4 members (excludes halogenated alkanes) is 1. The van der Waals surface area contributed by atoms with Crippen molar-refractivity contribution in [1.82, 2.24) is 0 Å². The van der Waals surface area contributed by atoms with Crippen LogP contribution in [0, 0.1) is 0 Å². The van der Waals surface area contributed by atoms with Crippen LogP contribution in [0.1, 0.15) is 52.0 Å². The van der Waals surface area contributed by atoms with E-state index in [1.807, 2.05) is 32.0 Å². The van der Waals surface area contributed by atoms with E-state index in [4.69, 9.17) is 13.6 Å². The Morgan fingerprint density at radius 3 is 2.23 bits per heavy atom. The molecule has 0 aliphatic heterocycles. The van der Waals surface area contributed by atoms with Crippen LogP contribution in [0.2, 0.25) is 0 Å². The summed E-state index contributed by atoms with van der Waals surface area (Å²) in [6.45, 7) is 6.58. The first-order chi connectivity index (χ1) is 12.5. The fourth-order valence-corrected chi connectivity index (χ4v) is 3.98. The molecule has 2 aromatic carbocycles. The van der Waals surface area contributed by atoms with E-state index >= 15 is 0 Å². The van der Waals surface area contributed by atoms with Gasteiger partial charge in [0.2, 0.25) is 0 Å². The SMILES string of the molecule is CCCCc1ccc2c(OP(=O)(OCCC)OCCC)ccc(O)c2c1. The van der Waals surface area contributed by atoms with Crippen LogP contribution in [-0.4, -0.2) is 18.3 Å². The number of phosphoric acid groups is 1. The molecule has 0 unspecified atom stereocenters. The summed E-state index contributed by atoms with van der Waals surface area (Å²) in [5.41, 5.74) is 1.15. The summed E-state index contributed by atoms with van der Waals surface area (Å²) in [5.74, 6) is 0.555. The van der Waals surface area contributed by atoms with Gasteiger partial charge in [0.25, 0.3) is 0 Å². The molecule has 0 radical (unpaired) electrons. The van der Waals surface area contributed by atoms with Gasteiger partial charge in [-0.15, -0.1) is 0 Å². The second-order valence-electron chi connectivity index (χ2n) is 6.27. The van der Waals surface area contributed by atoms with Crippen LogP contribution in [0.5, 0.6) is 11.5 Å². The summed E-state index contributed by atoms with van der Waals surface area (Å²) in [5, 5.41) is 11.6. The molecule has 144 valence electrons. The van der Waals surface area contributed by atoms with Crippen molar-refractivity contribution in [3.8, 4) is 11.5 Å². The fourth-order valence-electron chi connectivity index (χ4n) is 2.58. The van der Waals surface area contributed by atoms with E-state index in [1.165, 1.54) is 0 Å². The second-order valence-corrected chi connectivity index (χ2v) is 7.86. The molecule has 0 saturated heterocycles. The zero-order chi connectivity index (χ0) is 19.0. The molecular formula is C20H29O5P. The maximum Gasteiger partial charge on any atom is 0.530 e. The maximum absolute atomic E-state index is 12.9. The maximum atomic E-state index is 12.9. The molecule has 26 heavy (non-hydrogen) atoms. The molecule has 0 aliphatic carbocycles. The van der Waals surface area contributed by atoms with Crippen LogP contribution < -0.4 is 4.52 Å². The third kappa shape index (κ3) is 5.47. The lowest BCUT2D eigenvalue weighted by molar-refractivity contribution is 0.156. The molecule has 0 heterocycles. The predicted molar refractivity (Wildman–Crippen MR) is 105 cm³/mol. The molecule has 1 N–H and O–H groups in total. The Morgan fingerprint density at radius 2 is 1.62 bits per heavy atom. The summed E-state index contributed by atoms with van der Waals surface area (Å²) in [4.78, 5) is 0. The van der Waals surface area contributed by atoms with Gasteiger partial charge in [-0.1, -0.05) is 39.3 Å². The highest BCUT2D eigenvalue weighted by Gasteiger charge is 2.29. The van der Waals surface area contributed by atoms with Crippen molar-refractivity contribution in [3.63, 3.8) is 0 Å². The van der Waals surface area contributed by atoms with Gasteiger partial charge in [0.1, 0.15) is 11.5 Å². The molecule has 0 bridgehead atoms. The van der Waals surface area contributed by atoms with Crippen molar-refractivity contribution in [2.75, 3.05) is 13.2 Å². The van der Waals surface area contributed by atoms with Gasteiger partial charge in [0, 0.05) is 10.8 Å². The van der Waals surface area contributed by atoms with Gasteiger partial charge in [0.15, 0.2) is 0 Å². The highest BCUT2D eigenvalue weighted by atomic mass is 31.2. The van der Waals surface area contributed by atoms with Crippen LogP contribution in [0.15, 0.2) is 30.3 Å². The Labute approximate surface area is 155 Å². The van der Waals surface area contributed by atoms with E-state index in [1.54, 1.807) is 12.1 Å². The first-order valence-electron chi connectivity index (χ1n) is 9.36. The molecule has 2 rings (SSSR count). The first-order valence-corrected chi connectivity index (χ1v) is 10.8. The van der Waals surface area contributed by atoms with Crippen molar-refractivity contribution in [2.24, 2.45) is 0 Å². The van der Waals surface area contributed by atoms with E-state index in [0.717, 1.165) is 24.8 Å². The summed E-state index contributed by atoms with van der Waals surface area (Å²) < 4.78 is 29.4. The van der Waals surface area contributed by atoms with Gasteiger partial charge in [-0.05, 0) is 49.4 Å². The van der Waals surface area contributed by atoms with Crippen LogP contribution in [0.25, 0.3) is 10.8 Å².